The van der Waals surface area contributed by atoms with E-state index >= 15 is 0 Å². The molecule has 0 saturated heterocycles. The van der Waals surface area contributed by atoms with Crippen LogP contribution in [0.5, 0.6) is 0 Å². The highest BCUT2D eigenvalue weighted by molar-refractivity contribution is 6.13. The lowest BCUT2D eigenvalue weighted by molar-refractivity contribution is 1.07. The Morgan fingerprint density at radius 1 is 0.250 bits per heavy atom. The Morgan fingerprint density at radius 2 is 0.595 bits per heavy atom. The van der Waals surface area contributed by atoms with Crippen LogP contribution in [-0.4, -0.2) is 24.1 Å². The van der Waals surface area contributed by atoms with E-state index < -0.39 is 0 Å². The third-order valence-electron chi connectivity index (χ3n) is 16.1. The first-order chi connectivity index (χ1) is 41.5. The first kappa shape index (κ1) is 49.3. The third-order valence-corrected chi connectivity index (χ3v) is 16.1. The molecule has 3 heterocycles. The van der Waals surface area contributed by atoms with E-state index in [0.29, 0.717) is 34.2 Å². The van der Waals surface area contributed by atoms with E-state index in [1.807, 2.05) is 91.0 Å². The summed E-state index contributed by atoms with van der Waals surface area (Å²) < 4.78 is 4.59. The maximum Gasteiger partial charge on any atom is 0.165 e. The molecule has 0 spiro atoms. The Morgan fingerprint density at radius 3 is 0.988 bits per heavy atom. The van der Waals surface area contributed by atoms with Crippen LogP contribution < -0.4 is 0 Å². The molecule has 3 aromatic heterocycles. The van der Waals surface area contributed by atoms with Gasteiger partial charge in [-0.25, -0.2) is 15.0 Å². The number of fused-ring (bicyclic) bond motifs is 6. The average Bonchev–Trinajstić information content (AvgIpc) is 2.03. The van der Waals surface area contributed by atoms with Gasteiger partial charge in [0.25, 0.3) is 0 Å². The number of hydrogen-bond acceptors (Lipinski definition) is 5. The quantitative estimate of drug-likeness (QED) is 0.136. The summed E-state index contributed by atoms with van der Waals surface area (Å²) in [5, 5.41) is 25.7. The van der Waals surface area contributed by atoms with Crippen molar-refractivity contribution in [3.8, 4) is 113 Å². The van der Waals surface area contributed by atoms with Crippen LogP contribution in [0.3, 0.4) is 0 Å². The number of nitrogens with zero attached hydrogens (tertiary/aromatic N) is 7. The maximum absolute atomic E-state index is 11.2. The topological polar surface area (TPSA) is 96.1 Å². The van der Waals surface area contributed by atoms with Gasteiger partial charge < -0.3 is 9.13 Å². The van der Waals surface area contributed by atoms with E-state index in [0.717, 1.165) is 122 Å². The monoisotopic (exact) mass is 1070 g/mol. The lowest BCUT2D eigenvalue weighted by Gasteiger charge is -2.16. The summed E-state index contributed by atoms with van der Waals surface area (Å²) in [5.41, 5.74) is 19.9. The molecule has 0 aliphatic heterocycles. The summed E-state index contributed by atoms with van der Waals surface area (Å²) in [7, 11) is 0. The summed E-state index contributed by atoms with van der Waals surface area (Å²) in [6.45, 7) is 0. The molecule has 15 aromatic rings. The highest BCUT2D eigenvalue weighted by Gasteiger charge is 2.23. The van der Waals surface area contributed by atoms with Crippen LogP contribution >= 0.6 is 0 Å². The van der Waals surface area contributed by atoms with Crippen molar-refractivity contribution in [1.82, 2.24) is 24.1 Å². The minimum absolute atomic E-state index is 0.366. The number of benzene rings is 12. The van der Waals surface area contributed by atoms with Crippen molar-refractivity contribution < 1.29 is 0 Å². The van der Waals surface area contributed by atoms with Gasteiger partial charge in [0.2, 0.25) is 0 Å². The zero-order valence-electron chi connectivity index (χ0n) is 45.3. The van der Waals surface area contributed by atoms with Gasteiger partial charge in [0.05, 0.1) is 45.3 Å². The van der Waals surface area contributed by atoms with Crippen LogP contribution in [0.25, 0.3) is 145 Å². The van der Waals surface area contributed by atoms with Gasteiger partial charge in [-0.3, -0.25) is 0 Å². The minimum atomic E-state index is 0.366. The first-order valence-corrected chi connectivity index (χ1v) is 27.9. The van der Waals surface area contributed by atoms with E-state index in [4.69, 9.17) is 15.0 Å². The average molecular weight is 1070 g/mol. The van der Waals surface area contributed by atoms with E-state index in [1.165, 1.54) is 0 Å². The fourth-order valence-corrected chi connectivity index (χ4v) is 12.0. The molecule has 0 radical (unpaired) electrons. The third kappa shape index (κ3) is 8.74. The Bertz CT molecular complexity index is 4920. The van der Waals surface area contributed by atoms with Crippen molar-refractivity contribution in [1.29, 1.82) is 10.5 Å². The Hall–Kier alpha value is -11.8. The molecule has 0 N–H and O–H groups in total. The van der Waals surface area contributed by atoms with Crippen LogP contribution in [0, 0.1) is 22.7 Å². The normalized spacial score (nSPS) is 11.3. The zero-order valence-corrected chi connectivity index (χ0v) is 45.3. The molecule has 15 rings (SSSR count). The van der Waals surface area contributed by atoms with Crippen LogP contribution in [0.4, 0.5) is 0 Å². The van der Waals surface area contributed by atoms with Crippen molar-refractivity contribution in [3.63, 3.8) is 0 Å². The first-order valence-electron chi connectivity index (χ1n) is 27.9. The van der Waals surface area contributed by atoms with Gasteiger partial charge in [0.1, 0.15) is 0 Å². The second-order valence-electron chi connectivity index (χ2n) is 21.0. The molecule has 0 bridgehead atoms. The van der Waals surface area contributed by atoms with Crippen molar-refractivity contribution in [3.05, 3.63) is 296 Å². The molecule has 390 valence electrons. The maximum atomic E-state index is 11.2. The molecule has 7 heteroatoms. The number of rotatable bonds is 10. The van der Waals surface area contributed by atoms with Gasteiger partial charge in [0, 0.05) is 49.6 Å². The molecule has 0 saturated carbocycles. The molecule has 12 aromatic carbocycles. The number of hydrogen-bond donors (Lipinski definition) is 0. The fraction of sp³-hybridized carbons (Fsp3) is 0. The summed E-state index contributed by atoms with van der Waals surface area (Å²) >= 11 is 0. The van der Waals surface area contributed by atoms with Gasteiger partial charge in [-0.2, -0.15) is 10.5 Å². The molecule has 0 atom stereocenters. The number of nitriles is 2. The van der Waals surface area contributed by atoms with Gasteiger partial charge in [-0.15, -0.1) is 0 Å². The molecular formula is C77H47N7. The largest absolute Gasteiger partial charge is 0.309 e. The Balaban J connectivity index is 0.904. The van der Waals surface area contributed by atoms with Crippen molar-refractivity contribution in [2.45, 2.75) is 0 Å². The highest BCUT2D eigenvalue weighted by atomic mass is 15.0. The lowest BCUT2D eigenvalue weighted by Crippen LogP contribution is -2.03. The molecule has 0 unspecified atom stereocenters. The smallest absolute Gasteiger partial charge is 0.165 e. The van der Waals surface area contributed by atoms with E-state index in [-0.39, 0.29) is 0 Å². The molecule has 7 nitrogen and oxygen atoms in total. The summed E-state index contributed by atoms with van der Waals surface area (Å²) in [6, 6.07) is 103. The summed E-state index contributed by atoms with van der Waals surface area (Å²) in [5.74, 6) is 1.27. The van der Waals surface area contributed by atoms with Crippen LogP contribution in [0.1, 0.15) is 11.1 Å². The van der Waals surface area contributed by atoms with E-state index in [9.17, 15) is 10.5 Å². The van der Waals surface area contributed by atoms with Crippen molar-refractivity contribution in [2.75, 3.05) is 0 Å². The van der Waals surface area contributed by atoms with Gasteiger partial charge in [0.15, 0.2) is 17.5 Å². The highest BCUT2D eigenvalue weighted by Crippen LogP contribution is 2.42. The Kier molecular flexibility index (Phi) is 12.2. The molecular weight excluding hydrogens is 1020 g/mol. The lowest BCUT2D eigenvalue weighted by atomic mass is 9.97. The zero-order chi connectivity index (χ0) is 56.1. The number of aromatic nitrogens is 5. The molecule has 0 aliphatic carbocycles. The van der Waals surface area contributed by atoms with Gasteiger partial charge >= 0.3 is 0 Å². The van der Waals surface area contributed by atoms with Gasteiger partial charge in [-0.05, 0) is 153 Å². The van der Waals surface area contributed by atoms with Gasteiger partial charge in [-0.1, -0.05) is 188 Å². The fourth-order valence-electron chi connectivity index (χ4n) is 12.0. The summed E-state index contributed by atoms with van der Waals surface area (Å²) in [4.78, 5) is 15.8. The van der Waals surface area contributed by atoms with Crippen molar-refractivity contribution in [2.24, 2.45) is 0 Å². The van der Waals surface area contributed by atoms with Crippen LogP contribution in [-0.2, 0) is 0 Å². The molecule has 0 fully saturated rings. The molecule has 84 heavy (non-hydrogen) atoms. The SMILES string of the molecule is N#Cc1ccc(-c2cc(-n3c4ccc(-c5ccccc5)cc4c4cc(-c5ccccc5)ccc43)ccc2-c2nc(-c3ccccc3)nc(-c3ccc(-n4c5ccc(-c6ccccc6)cc5c5cc(-c6ccccc6)ccc54)cc3C#N)n2)cc1. The predicted molar refractivity (Wildman–Crippen MR) is 341 cm³/mol. The molecule has 0 amide bonds. The predicted octanol–water partition coefficient (Wildman–Crippen LogP) is 19.1. The summed E-state index contributed by atoms with van der Waals surface area (Å²) in [6.07, 6.45) is 0. The van der Waals surface area contributed by atoms with Crippen molar-refractivity contribution >= 4 is 43.6 Å². The Labute approximate surface area is 485 Å². The van der Waals surface area contributed by atoms with Crippen LogP contribution in [0.2, 0.25) is 0 Å². The van der Waals surface area contributed by atoms with E-state index in [2.05, 4.69) is 215 Å². The standard InChI is InChI=1S/C77H47N7/c78-48-50-26-28-55(29-27-50)66-47-63(84-73-40-32-59(53-20-10-3-11-21-53)45-69(73)70-46-60(33-41-74(70)84)54-22-12-4-13-23-54)35-37-65(66)77-81-75(56-24-14-5-15-25-56)80-76(82-77)64-36-34-62(42-61(64)49-79)83-71-38-30-57(51-16-6-1-7-17-51)43-67(71)68-44-58(31-39-72(68)83)52-18-8-2-9-19-52/h1-47H. The minimum Gasteiger partial charge on any atom is -0.309 e. The molecule has 0 aliphatic rings. The second-order valence-corrected chi connectivity index (χ2v) is 21.0. The van der Waals surface area contributed by atoms with E-state index in [1.54, 1.807) is 0 Å². The van der Waals surface area contributed by atoms with Crippen LogP contribution in [0.15, 0.2) is 285 Å². The second kappa shape index (κ2) is 20.7.